The summed E-state index contributed by atoms with van der Waals surface area (Å²) in [5.74, 6) is -0.332. The number of aliphatic imine (C=N–C) groups is 1. The van der Waals surface area contributed by atoms with Gasteiger partial charge in [0, 0.05) is 55.5 Å². The highest BCUT2D eigenvalue weighted by Crippen LogP contribution is 2.70. The number of nitrogens with zero attached hydrogens (tertiary/aromatic N) is 6. The SMILES string of the molecule is CCOC(=O)C1=C(CN2CCN3C(=O)N(C45CC(C#N)(C4)C5)C[C@@H]3C2)NC(c2nccs2)=N[C@H]1c1cccc(F)c1C. The van der Waals surface area contributed by atoms with Crippen molar-refractivity contribution >= 4 is 29.2 Å². The Balaban J connectivity index is 1.18. The largest absolute Gasteiger partial charge is 0.463 e. The number of nitrogens with one attached hydrogen (secondary N) is 1. The number of halogens is 1. The molecule has 0 radical (unpaired) electrons. The van der Waals surface area contributed by atoms with Crippen LogP contribution in [0.5, 0.6) is 0 Å². The molecule has 1 aromatic carbocycles. The number of urea groups is 1. The number of nitriles is 1. The molecule has 2 atom stereocenters. The molecular weight excluding hydrogens is 557 g/mol. The number of rotatable bonds is 7. The fourth-order valence-electron chi connectivity index (χ4n) is 7.44. The van der Waals surface area contributed by atoms with Gasteiger partial charge in [0.05, 0.1) is 29.7 Å². The van der Waals surface area contributed by atoms with Gasteiger partial charge in [-0.1, -0.05) is 12.1 Å². The lowest BCUT2D eigenvalue weighted by Gasteiger charge is -2.69. The fraction of sp³-hybridized carbons (Fsp3) is 0.500. The summed E-state index contributed by atoms with van der Waals surface area (Å²) in [6, 6.07) is 6.61. The van der Waals surface area contributed by atoms with Crippen molar-refractivity contribution in [1.82, 2.24) is 25.0 Å². The molecule has 1 aromatic heterocycles. The number of carbonyl (C=O) groups excluding carboxylic acids is 2. The van der Waals surface area contributed by atoms with Crippen molar-refractivity contribution in [2.24, 2.45) is 10.4 Å². The number of esters is 1. The van der Waals surface area contributed by atoms with E-state index in [4.69, 9.17) is 9.73 Å². The van der Waals surface area contributed by atoms with Gasteiger partial charge < -0.3 is 19.9 Å². The molecule has 2 aromatic rings. The van der Waals surface area contributed by atoms with Gasteiger partial charge in [0.1, 0.15) is 11.9 Å². The topological polar surface area (TPSA) is 114 Å². The van der Waals surface area contributed by atoms with Crippen molar-refractivity contribution in [3.05, 3.63) is 63.0 Å². The number of hydrogen-bond acceptors (Lipinski definition) is 9. The Morgan fingerprint density at radius 2 is 2.10 bits per heavy atom. The lowest BCUT2D eigenvalue weighted by molar-refractivity contribution is -0.163. The number of carbonyl (C=O) groups is 2. The Kier molecular flexibility index (Phi) is 6.36. The summed E-state index contributed by atoms with van der Waals surface area (Å²) in [5.41, 5.74) is 1.67. The average molecular weight is 590 g/mol. The first kappa shape index (κ1) is 27.0. The van der Waals surface area contributed by atoms with Gasteiger partial charge in [-0.15, -0.1) is 11.3 Å². The molecule has 8 rings (SSSR count). The number of hydrogen-bond donors (Lipinski definition) is 1. The van der Waals surface area contributed by atoms with Gasteiger partial charge in [0.25, 0.3) is 0 Å². The number of fused-ring (bicyclic) bond motifs is 1. The molecule has 218 valence electrons. The number of ether oxygens (including phenoxy) is 1. The van der Waals surface area contributed by atoms with E-state index in [0.717, 1.165) is 19.3 Å². The summed E-state index contributed by atoms with van der Waals surface area (Å²) < 4.78 is 20.2. The maximum Gasteiger partial charge on any atom is 0.338 e. The van der Waals surface area contributed by atoms with Crippen molar-refractivity contribution in [3.8, 4) is 6.07 Å². The van der Waals surface area contributed by atoms with Gasteiger partial charge in [0.2, 0.25) is 0 Å². The number of benzene rings is 1. The minimum Gasteiger partial charge on any atom is -0.463 e. The highest BCUT2D eigenvalue weighted by Gasteiger charge is 2.73. The molecule has 0 spiro atoms. The summed E-state index contributed by atoms with van der Waals surface area (Å²) in [6.45, 7) is 6.57. The molecule has 6 aliphatic rings. The molecule has 4 heterocycles. The van der Waals surface area contributed by atoms with E-state index in [2.05, 4.69) is 21.3 Å². The van der Waals surface area contributed by atoms with Crippen LogP contribution in [0.3, 0.4) is 0 Å². The summed E-state index contributed by atoms with van der Waals surface area (Å²) in [6.07, 6.45) is 4.05. The summed E-state index contributed by atoms with van der Waals surface area (Å²) in [5, 5.41) is 15.4. The zero-order chi connectivity index (χ0) is 29.2. The van der Waals surface area contributed by atoms with Crippen molar-refractivity contribution < 1.29 is 18.7 Å². The molecule has 42 heavy (non-hydrogen) atoms. The van der Waals surface area contributed by atoms with Crippen LogP contribution in [0.2, 0.25) is 0 Å². The van der Waals surface area contributed by atoms with Crippen LogP contribution in [0.15, 0.2) is 46.0 Å². The second-order valence-corrected chi connectivity index (χ2v) is 12.9. The molecule has 3 saturated carbocycles. The molecule has 2 saturated heterocycles. The normalized spacial score (nSPS) is 30.1. The molecule has 5 fully saturated rings. The third kappa shape index (κ3) is 4.13. The number of piperazine rings is 1. The summed E-state index contributed by atoms with van der Waals surface area (Å²) >= 11 is 1.43. The first-order valence-corrected chi connectivity index (χ1v) is 15.3. The molecule has 2 bridgehead atoms. The fourth-order valence-corrected chi connectivity index (χ4v) is 8.03. The molecule has 3 aliphatic heterocycles. The van der Waals surface area contributed by atoms with Crippen LogP contribution in [0.25, 0.3) is 0 Å². The minimum atomic E-state index is -0.767. The quantitative estimate of drug-likeness (QED) is 0.493. The van der Waals surface area contributed by atoms with Crippen molar-refractivity contribution in [1.29, 1.82) is 5.26 Å². The predicted molar refractivity (Wildman–Crippen MR) is 153 cm³/mol. The molecule has 1 N–H and O–H groups in total. The van der Waals surface area contributed by atoms with Crippen LogP contribution >= 0.6 is 11.3 Å². The Labute approximate surface area is 247 Å². The third-order valence-electron chi connectivity index (χ3n) is 9.49. The third-order valence-corrected chi connectivity index (χ3v) is 10.3. The van der Waals surface area contributed by atoms with E-state index in [1.807, 2.05) is 15.2 Å². The second kappa shape index (κ2) is 9.88. The van der Waals surface area contributed by atoms with Crippen LogP contribution < -0.4 is 5.32 Å². The number of aromatic nitrogens is 1. The Bertz CT molecular complexity index is 1540. The summed E-state index contributed by atoms with van der Waals surface area (Å²) in [7, 11) is 0. The Hall–Kier alpha value is -3.82. The first-order chi connectivity index (χ1) is 20.3. The van der Waals surface area contributed by atoms with Crippen LogP contribution in [-0.4, -0.2) is 88.4 Å². The number of amides is 2. The van der Waals surface area contributed by atoms with E-state index >= 15 is 0 Å². The van der Waals surface area contributed by atoms with E-state index in [-0.39, 0.29) is 35.5 Å². The maximum absolute atomic E-state index is 14.7. The highest BCUT2D eigenvalue weighted by atomic mass is 32.1. The average Bonchev–Trinajstić information content (AvgIpc) is 3.58. The van der Waals surface area contributed by atoms with Gasteiger partial charge in [-0.05, 0) is 50.3 Å². The lowest BCUT2D eigenvalue weighted by atomic mass is 9.39. The molecule has 2 amide bonds. The number of amidine groups is 1. The first-order valence-electron chi connectivity index (χ1n) is 14.4. The highest BCUT2D eigenvalue weighted by molar-refractivity contribution is 7.11. The van der Waals surface area contributed by atoms with E-state index < -0.39 is 12.0 Å². The maximum atomic E-state index is 14.7. The van der Waals surface area contributed by atoms with Gasteiger partial charge in [0.15, 0.2) is 10.8 Å². The van der Waals surface area contributed by atoms with Gasteiger partial charge in [-0.25, -0.2) is 19.0 Å². The van der Waals surface area contributed by atoms with Gasteiger partial charge in [-0.3, -0.25) is 9.89 Å². The minimum absolute atomic E-state index is 0.0295. The van der Waals surface area contributed by atoms with Crippen molar-refractivity contribution in [2.45, 2.75) is 50.7 Å². The summed E-state index contributed by atoms with van der Waals surface area (Å²) in [4.78, 5) is 42.4. The van der Waals surface area contributed by atoms with Crippen LogP contribution in [0.4, 0.5) is 9.18 Å². The standard InChI is InChI=1S/C30H32FN7O3S/c1-3-41-27(39)23-22(34-25(26-33-7-10-42-26)35-24(23)20-5-4-6-21(31)18(20)2)13-36-8-9-37-19(11-36)12-38(28(37)40)30-14-29(15-30,16-30)17-32/h4-7,10,19,24H,3,8-9,11-16H2,1-2H3,(H,34,35)/t19-,24-,29?,30?/m0/s1. The van der Waals surface area contributed by atoms with E-state index in [0.29, 0.717) is 66.0 Å². The van der Waals surface area contributed by atoms with Gasteiger partial charge in [-0.2, -0.15) is 5.26 Å². The van der Waals surface area contributed by atoms with Gasteiger partial charge >= 0.3 is 12.0 Å². The zero-order valence-electron chi connectivity index (χ0n) is 23.6. The zero-order valence-corrected chi connectivity index (χ0v) is 24.4. The van der Waals surface area contributed by atoms with E-state index in [1.165, 1.54) is 17.4 Å². The smallest absolute Gasteiger partial charge is 0.338 e. The van der Waals surface area contributed by atoms with Crippen molar-refractivity contribution in [2.75, 3.05) is 39.3 Å². The number of thiazole rings is 1. The monoisotopic (exact) mass is 589 g/mol. The molecular formula is C30H32FN7O3S. The second-order valence-electron chi connectivity index (χ2n) is 12.0. The van der Waals surface area contributed by atoms with E-state index in [1.54, 1.807) is 32.2 Å². The van der Waals surface area contributed by atoms with Crippen LogP contribution in [-0.2, 0) is 9.53 Å². The van der Waals surface area contributed by atoms with E-state index in [9.17, 15) is 19.2 Å². The molecule has 10 nitrogen and oxygen atoms in total. The Morgan fingerprint density at radius 3 is 2.81 bits per heavy atom. The Morgan fingerprint density at radius 1 is 1.29 bits per heavy atom. The predicted octanol–water partition coefficient (Wildman–Crippen LogP) is 3.37. The van der Waals surface area contributed by atoms with Crippen molar-refractivity contribution in [3.63, 3.8) is 0 Å². The van der Waals surface area contributed by atoms with Crippen LogP contribution in [0.1, 0.15) is 48.4 Å². The molecule has 3 aliphatic carbocycles. The lowest BCUT2D eigenvalue weighted by Crippen LogP contribution is -2.74. The van der Waals surface area contributed by atoms with Crippen LogP contribution in [0, 0.1) is 29.5 Å². The molecule has 12 heteroatoms. The molecule has 0 unspecified atom stereocenters.